The van der Waals surface area contributed by atoms with Crippen molar-refractivity contribution in [3.8, 4) is 0 Å². The number of unbranched alkanes of at least 4 members (excludes halogenated alkanes) is 1. The minimum atomic E-state index is -0.203. The van der Waals surface area contributed by atoms with Gasteiger partial charge in [-0.05, 0) is 68.6 Å². The van der Waals surface area contributed by atoms with Crippen molar-refractivity contribution in [3.63, 3.8) is 0 Å². The summed E-state index contributed by atoms with van der Waals surface area (Å²) in [6.07, 6.45) is 4.53. The van der Waals surface area contributed by atoms with E-state index >= 15 is 0 Å². The van der Waals surface area contributed by atoms with Crippen molar-refractivity contribution in [1.29, 1.82) is 0 Å². The van der Waals surface area contributed by atoms with E-state index in [0.29, 0.717) is 13.2 Å². The Kier molecular flexibility index (Phi) is 11.7. The maximum absolute atomic E-state index is 12.5. The van der Waals surface area contributed by atoms with Gasteiger partial charge in [-0.15, -0.1) is 0 Å². The molecular weight excluding hydrogens is 386 g/mol. The highest BCUT2D eigenvalue weighted by Gasteiger charge is 2.13. The molecule has 0 unspecified atom stereocenters. The molecule has 0 bridgehead atoms. The maximum Gasteiger partial charge on any atom is 0.325 e. The maximum atomic E-state index is 12.5. The molecule has 2 aromatic rings. The summed E-state index contributed by atoms with van der Waals surface area (Å²) < 4.78 is 5.52. The first-order valence-electron chi connectivity index (χ1n) is 11.6. The number of anilines is 1. The van der Waals surface area contributed by atoms with E-state index in [1.807, 2.05) is 54.6 Å². The highest BCUT2D eigenvalue weighted by atomic mass is 16.5. The van der Waals surface area contributed by atoms with Crippen LogP contribution >= 0.6 is 0 Å². The van der Waals surface area contributed by atoms with Gasteiger partial charge in [-0.1, -0.05) is 56.3 Å². The molecule has 0 heterocycles. The van der Waals surface area contributed by atoms with Crippen molar-refractivity contribution in [2.45, 2.75) is 52.7 Å². The normalized spacial score (nSPS) is 11.0. The van der Waals surface area contributed by atoms with Crippen LogP contribution in [0.2, 0.25) is 0 Å². The molecule has 0 aliphatic heterocycles. The zero-order chi connectivity index (χ0) is 22.3. The molecule has 0 aliphatic rings. The molecule has 0 saturated carbocycles. The van der Waals surface area contributed by atoms with E-state index in [4.69, 9.17) is 10.5 Å². The Hall–Kier alpha value is -2.37. The summed E-state index contributed by atoms with van der Waals surface area (Å²) in [5.41, 5.74) is 8.86. The molecule has 5 heteroatoms. The largest absolute Gasteiger partial charge is 0.459 e. The lowest BCUT2D eigenvalue weighted by Crippen LogP contribution is -2.33. The number of rotatable bonds is 15. The Balaban J connectivity index is 1.91. The van der Waals surface area contributed by atoms with Crippen molar-refractivity contribution in [3.05, 3.63) is 65.7 Å². The van der Waals surface area contributed by atoms with Crippen LogP contribution in [0.3, 0.4) is 0 Å². The molecule has 2 aromatic carbocycles. The van der Waals surface area contributed by atoms with Crippen molar-refractivity contribution >= 4 is 11.7 Å². The lowest BCUT2D eigenvalue weighted by molar-refractivity contribution is -0.143. The second-order valence-corrected chi connectivity index (χ2v) is 7.99. The molecule has 31 heavy (non-hydrogen) atoms. The average Bonchev–Trinajstić information content (AvgIpc) is 2.80. The molecule has 2 rings (SSSR count). The first-order valence-corrected chi connectivity index (χ1v) is 11.6. The minimum absolute atomic E-state index is 0.203. The molecule has 0 amide bonds. The zero-order valence-corrected chi connectivity index (χ0v) is 19.3. The third-order valence-corrected chi connectivity index (χ3v) is 5.33. The van der Waals surface area contributed by atoms with Crippen LogP contribution in [0.25, 0.3) is 0 Å². The Labute approximate surface area is 188 Å². The summed E-state index contributed by atoms with van der Waals surface area (Å²) in [5.74, 6) is -0.203. The molecule has 0 radical (unpaired) electrons. The molecule has 5 nitrogen and oxygen atoms in total. The van der Waals surface area contributed by atoms with E-state index in [9.17, 15) is 4.79 Å². The third-order valence-electron chi connectivity index (χ3n) is 5.33. The predicted octanol–water partition coefficient (Wildman–Crippen LogP) is 4.60. The molecular formula is C26H39N3O2. The van der Waals surface area contributed by atoms with Crippen molar-refractivity contribution in [2.24, 2.45) is 5.73 Å². The Morgan fingerprint density at radius 2 is 1.48 bits per heavy atom. The summed E-state index contributed by atoms with van der Waals surface area (Å²) in [6.45, 7) is 9.80. The lowest BCUT2D eigenvalue weighted by Gasteiger charge is -2.25. The SMILES string of the molecule is CCCN(CCC)CCCCN(CC(=O)OCc1ccccc1)c1ccc(CN)cc1. The van der Waals surface area contributed by atoms with Gasteiger partial charge in [-0.2, -0.15) is 0 Å². The number of nitrogens with zero attached hydrogens (tertiary/aromatic N) is 2. The van der Waals surface area contributed by atoms with Gasteiger partial charge in [0.05, 0.1) is 0 Å². The summed E-state index contributed by atoms with van der Waals surface area (Å²) >= 11 is 0. The van der Waals surface area contributed by atoms with E-state index in [0.717, 1.165) is 55.8 Å². The number of ether oxygens (including phenoxy) is 1. The van der Waals surface area contributed by atoms with E-state index in [2.05, 4.69) is 23.6 Å². The predicted molar refractivity (Wildman–Crippen MR) is 129 cm³/mol. The van der Waals surface area contributed by atoms with Gasteiger partial charge < -0.3 is 20.3 Å². The van der Waals surface area contributed by atoms with Gasteiger partial charge in [-0.3, -0.25) is 4.79 Å². The fourth-order valence-electron chi connectivity index (χ4n) is 3.69. The van der Waals surface area contributed by atoms with Gasteiger partial charge in [0.2, 0.25) is 0 Å². The van der Waals surface area contributed by atoms with Gasteiger partial charge in [0.15, 0.2) is 0 Å². The topological polar surface area (TPSA) is 58.8 Å². The summed E-state index contributed by atoms with van der Waals surface area (Å²) in [4.78, 5) is 17.2. The van der Waals surface area contributed by atoms with Crippen LogP contribution in [0, 0.1) is 0 Å². The molecule has 170 valence electrons. The lowest BCUT2D eigenvalue weighted by atomic mass is 10.2. The fourth-order valence-corrected chi connectivity index (χ4v) is 3.69. The number of hydrogen-bond acceptors (Lipinski definition) is 5. The monoisotopic (exact) mass is 425 g/mol. The summed E-state index contributed by atoms with van der Waals surface area (Å²) in [7, 11) is 0. The van der Waals surface area contributed by atoms with Gasteiger partial charge in [-0.25, -0.2) is 0 Å². The number of hydrogen-bond donors (Lipinski definition) is 1. The standard InChI is InChI=1S/C26H39N3O2/c1-3-16-28(17-4-2)18-8-9-19-29(25-14-12-23(20-27)13-15-25)21-26(30)31-22-24-10-6-5-7-11-24/h5-7,10-15H,3-4,8-9,16-22,27H2,1-2H3. The second kappa shape index (κ2) is 14.6. The second-order valence-electron chi connectivity index (χ2n) is 7.99. The number of benzene rings is 2. The van der Waals surface area contributed by atoms with Crippen molar-refractivity contribution in [1.82, 2.24) is 4.90 Å². The van der Waals surface area contributed by atoms with Crippen molar-refractivity contribution < 1.29 is 9.53 Å². The number of esters is 1. The van der Waals surface area contributed by atoms with Crippen LogP contribution in [0.1, 0.15) is 50.7 Å². The van der Waals surface area contributed by atoms with E-state index in [-0.39, 0.29) is 12.5 Å². The quantitative estimate of drug-likeness (QED) is 0.334. The summed E-state index contributed by atoms with van der Waals surface area (Å²) in [6, 6.07) is 18.0. The fraction of sp³-hybridized carbons (Fsp3) is 0.500. The van der Waals surface area contributed by atoms with Gasteiger partial charge in [0, 0.05) is 18.8 Å². The van der Waals surface area contributed by atoms with Gasteiger partial charge >= 0.3 is 5.97 Å². The van der Waals surface area contributed by atoms with Gasteiger partial charge in [0.1, 0.15) is 13.2 Å². The molecule has 0 saturated heterocycles. The molecule has 0 fully saturated rings. The smallest absolute Gasteiger partial charge is 0.325 e. The van der Waals surface area contributed by atoms with Crippen LogP contribution < -0.4 is 10.6 Å². The van der Waals surface area contributed by atoms with Crippen LogP contribution in [0.4, 0.5) is 5.69 Å². The Morgan fingerprint density at radius 3 is 2.10 bits per heavy atom. The number of carbonyl (C=O) groups is 1. The van der Waals surface area contributed by atoms with Crippen LogP contribution in [0.5, 0.6) is 0 Å². The highest BCUT2D eigenvalue weighted by Crippen LogP contribution is 2.17. The van der Waals surface area contributed by atoms with E-state index < -0.39 is 0 Å². The summed E-state index contributed by atoms with van der Waals surface area (Å²) in [5, 5.41) is 0. The van der Waals surface area contributed by atoms with E-state index in [1.54, 1.807) is 0 Å². The van der Waals surface area contributed by atoms with E-state index in [1.165, 1.54) is 12.8 Å². The number of carbonyl (C=O) groups excluding carboxylic acids is 1. The molecule has 0 aromatic heterocycles. The zero-order valence-electron chi connectivity index (χ0n) is 19.3. The van der Waals surface area contributed by atoms with Crippen molar-refractivity contribution in [2.75, 3.05) is 37.6 Å². The highest BCUT2D eigenvalue weighted by molar-refractivity contribution is 5.75. The molecule has 0 atom stereocenters. The van der Waals surface area contributed by atoms with Crippen LogP contribution in [-0.2, 0) is 22.7 Å². The first-order chi connectivity index (χ1) is 15.2. The van der Waals surface area contributed by atoms with Gasteiger partial charge in [0.25, 0.3) is 0 Å². The van der Waals surface area contributed by atoms with Crippen LogP contribution in [-0.4, -0.2) is 43.6 Å². The average molecular weight is 426 g/mol. The minimum Gasteiger partial charge on any atom is -0.459 e. The number of nitrogens with two attached hydrogens (primary N) is 1. The molecule has 2 N–H and O–H groups in total. The Morgan fingerprint density at radius 1 is 0.839 bits per heavy atom. The molecule has 0 spiro atoms. The first kappa shape index (κ1) is 24.9. The third kappa shape index (κ3) is 9.53. The Bertz CT molecular complexity index is 728. The molecule has 0 aliphatic carbocycles. The van der Waals surface area contributed by atoms with Crippen LogP contribution in [0.15, 0.2) is 54.6 Å².